The summed E-state index contributed by atoms with van der Waals surface area (Å²) in [4.78, 5) is 6.52. The van der Waals surface area contributed by atoms with E-state index in [1.807, 2.05) is 42.5 Å². The summed E-state index contributed by atoms with van der Waals surface area (Å²) in [6.07, 6.45) is 0. The summed E-state index contributed by atoms with van der Waals surface area (Å²) >= 11 is 0. The monoisotopic (exact) mass is 325 g/mol. The van der Waals surface area contributed by atoms with Crippen LogP contribution in [-0.4, -0.2) is 37.2 Å². The van der Waals surface area contributed by atoms with E-state index in [1.54, 1.807) is 0 Å². The lowest BCUT2D eigenvalue weighted by Crippen LogP contribution is -2.44. The predicted molar refractivity (Wildman–Crippen MR) is 94.9 cm³/mol. The minimum Gasteiger partial charge on any atom is -0.489 e. The average Bonchev–Trinajstić information content (AvgIpc) is 2.67. The van der Waals surface area contributed by atoms with Crippen LogP contribution in [-0.2, 0) is 17.9 Å². The Kier molecular flexibility index (Phi) is 5.69. The number of nitrogens with two attached hydrogens (primary N) is 1. The molecule has 0 saturated carbocycles. The predicted octanol–water partition coefficient (Wildman–Crippen LogP) is 2.41. The van der Waals surface area contributed by atoms with Gasteiger partial charge in [0, 0.05) is 13.1 Å². The van der Waals surface area contributed by atoms with Crippen molar-refractivity contribution in [3.8, 4) is 5.75 Å². The molecule has 2 aromatic rings. The van der Waals surface area contributed by atoms with Gasteiger partial charge in [0.2, 0.25) is 0 Å². The van der Waals surface area contributed by atoms with Crippen molar-refractivity contribution in [1.29, 1.82) is 0 Å². The molecule has 3 rings (SSSR count). The fourth-order valence-electron chi connectivity index (χ4n) is 2.50. The molecule has 1 aliphatic rings. The first-order valence-electron chi connectivity index (χ1n) is 8.19. The largest absolute Gasteiger partial charge is 0.489 e. The normalized spacial score (nSPS) is 15.3. The van der Waals surface area contributed by atoms with Gasteiger partial charge >= 0.3 is 0 Å². The smallest absolute Gasteiger partial charge is 0.191 e. The van der Waals surface area contributed by atoms with Crippen molar-refractivity contribution in [3.63, 3.8) is 0 Å². The van der Waals surface area contributed by atoms with E-state index < -0.39 is 0 Å². The van der Waals surface area contributed by atoms with Gasteiger partial charge in [0.1, 0.15) is 12.4 Å². The van der Waals surface area contributed by atoms with Gasteiger partial charge in [-0.05, 0) is 23.3 Å². The van der Waals surface area contributed by atoms with Gasteiger partial charge in [-0.2, -0.15) is 0 Å². The summed E-state index contributed by atoms with van der Waals surface area (Å²) < 4.78 is 11.1. The Bertz CT molecular complexity index is 650. The Morgan fingerprint density at radius 2 is 1.71 bits per heavy atom. The second-order valence-electron chi connectivity index (χ2n) is 5.69. The van der Waals surface area contributed by atoms with E-state index in [4.69, 9.17) is 15.2 Å². The van der Waals surface area contributed by atoms with Crippen LogP contribution in [0.4, 0.5) is 0 Å². The first-order chi connectivity index (χ1) is 11.8. The number of rotatable bonds is 5. The zero-order chi connectivity index (χ0) is 16.6. The first-order valence-corrected chi connectivity index (χ1v) is 8.19. The second-order valence-corrected chi connectivity index (χ2v) is 5.69. The number of guanidine groups is 1. The fraction of sp³-hybridized carbons (Fsp3) is 0.316. The van der Waals surface area contributed by atoms with E-state index in [0.717, 1.165) is 30.0 Å². The molecule has 126 valence electrons. The Balaban J connectivity index is 1.50. The van der Waals surface area contributed by atoms with Gasteiger partial charge in [-0.25, -0.2) is 4.99 Å². The molecule has 0 radical (unpaired) electrons. The highest BCUT2D eigenvalue weighted by Gasteiger charge is 2.11. The molecule has 0 aromatic heterocycles. The van der Waals surface area contributed by atoms with Gasteiger partial charge in [0.15, 0.2) is 5.96 Å². The van der Waals surface area contributed by atoms with E-state index in [-0.39, 0.29) is 0 Å². The van der Waals surface area contributed by atoms with Crippen LogP contribution in [0.15, 0.2) is 59.6 Å². The van der Waals surface area contributed by atoms with Crippen LogP contribution in [0.2, 0.25) is 0 Å². The molecule has 1 saturated heterocycles. The molecule has 0 aliphatic carbocycles. The summed E-state index contributed by atoms with van der Waals surface area (Å²) in [6.45, 7) is 4.18. The van der Waals surface area contributed by atoms with Crippen molar-refractivity contribution in [3.05, 3.63) is 65.7 Å². The van der Waals surface area contributed by atoms with Crippen LogP contribution in [0.3, 0.4) is 0 Å². The third-order valence-electron chi connectivity index (χ3n) is 3.93. The first kappa shape index (κ1) is 16.3. The molecule has 1 aliphatic heterocycles. The lowest BCUT2D eigenvalue weighted by atomic mass is 10.2. The van der Waals surface area contributed by atoms with E-state index in [9.17, 15) is 0 Å². The molecule has 5 heteroatoms. The second kappa shape index (κ2) is 8.36. The molecule has 0 unspecified atom stereocenters. The standard InChI is InChI=1S/C19H23N3O2/c20-19(22-10-12-23-13-11-22)21-14-16-6-8-18(9-7-16)24-15-17-4-2-1-3-5-17/h1-9H,10-15H2,(H2,20,21). The molecular formula is C19H23N3O2. The Morgan fingerprint density at radius 3 is 2.42 bits per heavy atom. The molecule has 24 heavy (non-hydrogen) atoms. The van der Waals surface area contributed by atoms with Crippen molar-refractivity contribution in [1.82, 2.24) is 4.90 Å². The van der Waals surface area contributed by atoms with E-state index >= 15 is 0 Å². The van der Waals surface area contributed by atoms with Crippen molar-refractivity contribution in [2.45, 2.75) is 13.2 Å². The highest BCUT2D eigenvalue weighted by Crippen LogP contribution is 2.15. The van der Waals surface area contributed by atoms with Gasteiger partial charge in [0.25, 0.3) is 0 Å². The minimum atomic E-state index is 0.572. The highest BCUT2D eigenvalue weighted by molar-refractivity contribution is 5.78. The van der Waals surface area contributed by atoms with E-state index in [1.165, 1.54) is 0 Å². The van der Waals surface area contributed by atoms with Crippen LogP contribution in [0.5, 0.6) is 5.75 Å². The Labute approximate surface area is 142 Å². The topological polar surface area (TPSA) is 60.1 Å². The van der Waals surface area contributed by atoms with E-state index in [2.05, 4.69) is 22.0 Å². The average molecular weight is 325 g/mol. The SMILES string of the molecule is NC(=NCc1ccc(OCc2ccccc2)cc1)N1CCOCC1. The van der Waals surface area contributed by atoms with Gasteiger partial charge in [0.05, 0.1) is 19.8 Å². The number of hydrogen-bond donors (Lipinski definition) is 1. The van der Waals surface area contributed by atoms with Gasteiger partial charge < -0.3 is 20.1 Å². The zero-order valence-corrected chi connectivity index (χ0v) is 13.7. The molecule has 2 aromatic carbocycles. The Morgan fingerprint density at radius 1 is 1.00 bits per heavy atom. The maximum Gasteiger partial charge on any atom is 0.191 e. The molecule has 1 heterocycles. The third kappa shape index (κ3) is 4.73. The molecule has 1 fully saturated rings. The number of aliphatic imine (C=N–C) groups is 1. The number of ether oxygens (including phenoxy) is 2. The van der Waals surface area contributed by atoms with Crippen LogP contribution >= 0.6 is 0 Å². The number of nitrogens with zero attached hydrogens (tertiary/aromatic N) is 2. The summed E-state index contributed by atoms with van der Waals surface area (Å²) in [5.41, 5.74) is 8.30. The van der Waals surface area contributed by atoms with Gasteiger partial charge in [-0.15, -0.1) is 0 Å². The quantitative estimate of drug-likeness (QED) is 0.677. The van der Waals surface area contributed by atoms with Gasteiger partial charge in [-0.1, -0.05) is 42.5 Å². The van der Waals surface area contributed by atoms with Crippen molar-refractivity contribution >= 4 is 5.96 Å². The molecule has 0 spiro atoms. The molecular weight excluding hydrogens is 302 g/mol. The number of morpholine rings is 1. The van der Waals surface area contributed by atoms with Crippen LogP contribution in [0, 0.1) is 0 Å². The molecule has 5 nitrogen and oxygen atoms in total. The highest BCUT2D eigenvalue weighted by atomic mass is 16.5. The van der Waals surface area contributed by atoms with Crippen LogP contribution in [0.25, 0.3) is 0 Å². The lowest BCUT2D eigenvalue weighted by molar-refractivity contribution is 0.0674. The summed E-state index contributed by atoms with van der Waals surface area (Å²) in [6, 6.07) is 18.1. The van der Waals surface area contributed by atoms with Crippen molar-refractivity contribution in [2.75, 3.05) is 26.3 Å². The lowest BCUT2D eigenvalue weighted by Gasteiger charge is -2.27. The molecule has 0 atom stereocenters. The molecule has 0 amide bonds. The minimum absolute atomic E-state index is 0.572. The fourth-order valence-corrected chi connectivity index (χ4v) is 2.50. The Hall–Kier alpha value is -2.53. The summed E-state index contributed by atoms with van der Waals surface area (Å²) in [7, 11) is 0. The summed E-state index contributed by atoms with van der Waals surface area (Å²) in [5, 5.41) is 0. The van der Waals surface area contributed by atoms with Gasteiger partial charge in [-0.3, -0.25) is 0 Å². The van der Waals surface area contributed by atoms with Crippen LogP contribution < -0.4 is 10.5 Å². The van der Waals surface area contributed by atoms with Crippen LogP contribution in [0.1, 0.15) is 11.1 Å². The number of benzene rings is 2. The maximum atomic E-state index is 6.03. The molecule has 0 bridgehead atoms. The van der Waals surface area contributed by atoms with Crippen molar-refractivity contribution < 1.29 is 9.47 Å². The number of hydrogen-bond acceptors (Lipinski definition) is 3. The van der Waals surface area contributed by atoms with E-state index in [0.29, 0.717) is 32.3 Å². The van der Waals surface area contributed by atoms with Crippen molar-refractivity contribution in [2.24, 2.45) is 10.7 Å². The third-order valence-corrected chi connectivity index (χ3v) is 3.93. The molecule has 2 N–H and O–H groups in total. The maximum absolute atomic E-state index is 6.03. The zero-order valence-electron chi connectivity index (χ0n) is 13.7. The summed E-state index contributed by atoms with van der Waals surface area (Å²) in [5.74, 6) is 1.44.